The van der Waals surface area contributed by atoms with E-state index in [1.165, 1.54) is 0 Å². The SMILES string of the molecule is CC(C)CCc1ncc(I)c(Cl)n1. The molecule has 0 aliphatic rings. The molecule has 0 bridgehead atoms. The highest BCUT2D eigenvalue weighted by Crippen LogP contribution is 2.15. The van der Waals surface area contributed by atoms with E-state index in [1.807, 2.05) is 0 Å². The van der Waals surface area contributed by atoms with E-state index in [1.54, 1.807) is 6.20 Å². The fourth-order valence-electron chi connectivity index (χ4n) is 0.918. The third-order valence-electron chi connectivity index (χ3n) is 1.70. The van der Waals surface area contributed by atoms with Crippen molar-refractivity contribution in [3.8, 4) is 0 Å². The van der Waals surface area contributed by atoms with Crippen LogP contribution in [0.4, 0.5) is 0 Å². The van der Waals surface area contributed by atoms with Crippen molar-refractivity contribution >= 4 is 34.2 Å². The fourth-order valence-corrected chi connectivity index (χ4v) is 1.32. The van der Waals surface area contributed by atoms with Gasteiger partial charge in [0.2, 0.25) is 0 Å². The molecule has 13 heavy (non-hydrogen) atoms. The Morgan fingerprint density at radius 1 is 1.54 bits per heavy atom. The number of halogens is 2. The number of hydrogen-bond acceptors (Lipinski definition) is 2. The number of aryl methyl sites for hydroxylation is 1. The summed E-state index contributed by atoms with van der Waals surface area (Å²) >= 11 is 8.00. The first kappa shape index (κ1) is 11.2. The lowest BCUT2D eigenvalue weighted by Crippen LogP contribution is -1.99. The van der Waals surface area contributed by atoms with Gasteiger partial charge in [0, 0.05) is 12.6 Å². The van der Waals surface area contributed by atoms with Gasteiger partial charge in [-0.2, -0.15) is 0 Å². The van der Waals surface area contributed by atoms with Crippen molar-refractivity contribution in [2.24, 2.45) is 5.92 Å². The lowest BCUT2D eigenvalue weighted by Gasteiger charge is -2.03. The highest BCUT2D eigenvalue weighted by Gasteiger charge is 2.03. The third-order valence-corrected chi connectivity index (χ3v) is 3.09. The van der Waals surface area contributed by atoms with Crippen molar-refractivity contribution in [3.05, 3.63) is 20.7 Å². The summed E-state index contributed by atoms with van der Waals surface area (Å²) in [6, 6.07) is 0. The Balaban J connectivity index is 2.63. The van der Waals surface area contributed by atoms with E-state index in [4.69, 9.17) is 11.6 Å². The van der Waals surface area contributed by atoms with Gasteiger partial charge in [-0.15, -0.1) is 0 Å². The van der Waals surface area contributed by atoms with Crippen molar-refractivity contribution in [3.63, 3.8) is 0 Å². The van der Waals surface area contributed by atoms with E-state index in [-0.39, 0.29) is 0 Å². The van der Waals surface area contributed by atoms with Crippen molar-refractivity contribution in [1.29, 1.82) is 0 Å². The molecule has 1 rings (SSSR count). The molecule has 1 heterocycles. The quantitative estimate of drug-likeness (QED) is 0.632. The van der Waals surface area contributed by atoms with Crippen LogP contribution in [0, 0.1) is 9.49 Å². The Morgan fingerprint density at radius 3 is 2.77 bits per heavy atom. The monoisotopic (exact) mass is 310 g/mol. The molecule has 0 atom stereocenters. The summed E-state index contributed by atoms with van der Waals surface area (Å²) in [6.07, 6.45) is 3.79. The zero-order valence-corrected chi connectivity index (χ0v) is 10.6. The molecule has 0 amide bonds. The molecular weight excluding hydrogens is 298 g/mol. The van der Waals surface area contributed by atoms with Crippen LogP contribution in [0.1, 0.15) is 26.1 Å². The summed E-state index contributed by atoms with van der Waals surface area (Å²) in [5.41, 5.74) is 0. The van der Waals surface area contributed by atoms with Gasteiger partial charge in [0.25, 0.3) is 0 Å². The Morgan fingerprint density at radius 2 is 2.23 bits per heavy atom. The van der Waals surface area contributed by atoms with Crippen LogP contribution in [0.15, 0.2) is 6.20 Å². The summed E-state index contributed by atoms with van der Waals surface area (Å²) in [6.45, 7) is 4.38. The molecule has 2 nitrogen and oxygen atoms in total. The lowest BCUT2D eigenvalue weighted by molar-refractivity contribution is 0.574. The van der Waals surface area contributed by atoms with Gasteiger partial charge in [-0.25, -0.2) is 9.97 Å². The largest absolute Gasteiger partial charge is 0.240 e. The molecule has 0 spiro atoms. The van der Waals surface area contributed by atoms with E-state index in [2.05, 4.69) is 46.4 Å². The van der Waals surface area contributed by atoms with Gasteiger partial charge in [-0.05, 0) is 34.9 Å². The summed E-state index contributed by atoms with van der Waals surface area (Å²) < 4.78 is 0.910. The molecule has 0 radical (unpaired) electrons. The summed E-state index contributed by atoms with van der Waals surface area (Å²) in [7, 11) is 0. The van der Waals surface area contributed by atoms with Crippen LogP contribution in [0.3, 0.4) is 0 Å². The molecule has 72 valence electrons. The second-order valence-corrected chi connectivity index (χ2v) is 4.88. The molecule has 0 unspecified atom stereocenters. The number of hydrogen-bond donors (Lipinski definition) is 0. The third kappa shape index (κ3) is 3.77. The Hall–Kier alpha value is 0.1000. The summed E-state index contributed by atoms with van der Waals surface area (Å²) in [4.78, 5) is 8.40. The maximum atomic E-state index is 5.87. The molecular formula is C9H12ClIN2. The predicted molar refractivity (Wildman–Crippen MR) is 62.9 cm³/mol. The van der Waals surface area contributed by atoms with Crippen LogP contribution in [0.2, 0.25) is 5.15 Å². The molecule has 0 aliphatic carbocycles. The van der Waals surface area contributed by atoms with Crippen LogP contribution in [-0.4, -0.2) is 9.97 Å². The molecule has 0 fully saturated rings. The Labute approximate surface area is 97.3 Å². The Kier molecular flexibility index (Phi) is 4.38. The first-order chi connectivity index (χ1) is 6.09. The second-order valence-electron chi connectivity index (χ2n) is 3.36. The minimum Gasteiger partial charge on any atom is -0.240 e. The second kappa shape index (κ2) is 5.10. The van der Waals surface area contributed by atoms with Gasteiger partial charge in [-0.1, -0.05) is 25.4 Å². The molecule has 1 aromatic rings. The van der Waals surface area contributed by atoms with E-state index >= 15 is 0 Å². The van der Waals surface area contributed by atoms with Gasteiger partial charge < -0.3 is 0 Å². The number of nitrogens with zero attached hydrogens (tertiary/aromatic N) is 2. The van der Waals surface area contributed by atoms with E-state index < -0.39 is 0 Å². The molecule has 0 saturated carbocycles. The highest BCUT2D eigenvalue weighted by atomic mass is 127. The van der Waals surface area contributed by atoms with Crippen molar-refractivity contribution in [2.45, 2.75) is 26.7 Å². The van der Waals surface area contributed by atoms with Crippen molar-refractivity contribution in [2.75, 3.05) is 0 Å². The zero-order valence-electron chi connectivity index (χ0n) is 7.72. The summed E-state index contributed by atoms with van der Waals surface area (Å²) in [5, 5.41) is 0.564. The number of rotatable bonds is 3. The number of aromatic nitrogens is 2. The highest BCUT2D eigenvalue weighted by molar-refractivity contribution is 14.1. The normalized spacial score (nSPS) is 10.8. The average Bonchev–Trinajstić information content (AvgIpc) is 2.07. The topological polar surface area (TPSA) is 25.8 Å². The molecule has 0 aliphatic heterocycles. The molecule has 1 aromatic heterocycles. The first-order valence-electron chi connectivity index (χ1n) is 4.26. The van der Waals surface area contributed by atoms with E-state index in [9.17, 15) is 0 Å². The predicted octanol–water partition coefficient (Wildman–Crippen LogP) is 3.32. The van der Waals surface area contributed by atoms with Gasteiger partial charge in [0.05, 0.1) is 3.57 Å². The zero-order chi connectivity index (χ0) is 9.84. The molecule has 0 saturated heterocycles. The fraction of sp³-hybridized carbons (Fsp3) is 0.556. The minimum absolute atomic E-state index is 0.564. The van der Waals surface area contributed by atoms with Crippen LogP contribution in [0.5, 0.6) is 0 Å². The van der Waals surface area contributed by atoms with Gasteiger partial charge in [-0.3, -0.25) is 0 Å². The van der Waals surface area contributed by atoms with E-state index in [0.29, 0.717) is 11.1 Å². The van der Waals surface area contributed by atoms with E-state index in [0.717, 1.165) is 22.2 Å². The van der Waals surface area contributed by atoms with Gasteiger partial charge in [0.1, 0.15) is 11.0 Å². The summed E-state index contributed by atoms with van der Waals surface area (Å²) in [5.74, 6) is 1.53. The average molecular weight is 311 g/mol. The minimum atomic E-state index is 0.564. The van der Waals surface area contributed by atoms with Crippen LogP contribution in [0.25, 0.3) is 0 Å². The first-order valence-corrected chi connectivity index (χ1v) is 5.72. The van der Waals surface area contributed by atoms with Gasteiger partial charge >= 0.3 is 0 Å². The maximum absolute atomic E-state index is 5.87. The van der Waals surface area contributed by atoms with Crippen LogP contribution < -0.4 is 0 Å². The van der Waals surface area contributed by atoms with Crippen molar-refractivity contribution < 1.29 is 0 Å². The molecule has 0 N–H and O–H groups in total. The van der Waals surface area contributed by atoms with Gasteiger partial charge in [0.15, 0.2) is 0 Å². The maximum Gasteiger partial charge on any atom is 0.146 e. The standard InChI is InChI=1S/C9H12ClIN2/c1-6(2)3-4-8-12-5-7(11)9(10)13-8/h5-6H,3-4H2,1-2H3. The smallest absolute Gasteiger partial charge is 0.146 e. The molecule has 4 heteroatoms. The van der Waals surface area contributed by atoms with Crippen molar-refractivity contribution in [1.82, 2.24) is 9.97 Å². The Bertz CT molecular complexity index is 289. The lowest BCUT2D eigenvalue weighted by atomic mass is 10.1. The van der Waals surface area contributed by atoms with Crippen LogP contribution in [-0.2, 0) is 6.42 Å². The van der Waals surface area contributed by atoms with Crippen LogP contribution >= 0.6 is 34.2 Å². The molecule has 0 aromatic carbocycles.